The van der Waals surface area contributed by atoms with Crippen molar-refractivity contribution in [3.63, 3.8) is 0 Å². The minimum absolute atomic E-state index is 0.285. The molecule has 0 unspecified atom stereocenters. The Labute approximate surface area is 122 Å². The molecule has 0 saturated heterocycles. The van der Waals surface area contributed by atoms with Gasteiger partial charge in [-0.2, -0.15) is 4.52 Å². The van der Waals surface area contributed by atoms with E-state index in [0.29, 0.717) is 24.6 Å². The maximum Gasteiger partial charge on any atom is 0.222 e. The smallest absolute Gasteiger partial charge is 0.222 e. The van der Waals surface area contributed by atoms with E-state index in [1.165, 1.54) is 0 Å². The Morgan fingerprint density at radius 3 is 2.90 bits per heavy atom. The summed E-state index contributed by atoms with van der Waals surface area (Å²) in [5.41, 5.74) is 2.05. The Morgan fingerprint density at radius 1 is 1.29 bits per heavy atom. The second-order valence-electron chi connectivity index (χ2n) is 5.41. The fourth-order valence-electron chi connectivity index (χ4n) is 2.26. The number of fused-ring (bicyclic) bond motifs is 3. The summed E-state index contributed by atoms with van der Waals surface area (Å²) in [5.74, 6) is 0.659. The van der Waals surface area contributed by atoms with Crippen LogP contribution >= 0.6 is 0 Å². The number of aromatic nitrogens is 5. The van der Waals surface area contributed by atoms with Gasteiger partial charge in [-0.3, -0.25) is 0 Å². The zero-order valence-electron chi connectivity index (χ0n) is 12.4. The van der Waals surface area contributed by atoms with Gasteiger partial charge in [-0.25, -0.2) is 4.98 Å². The van der Waals surface area contributed by atoms with Crippen LogP contribution in [0.15, 0.2) is 24.3 Å². The SMILES string of the molecule is CCOC(C)(C)CNc1nc2ccccc2n2nnnc12. The van der Waals surface area contributed by atoms with Crippen LogP contribution in [-0.2, 0) is 4.74 Å². The third-order valence-corrected chi connectivity index (χ3v) is 3.24. The van der Waals surface area contributed by atoms with Crippen LogP contribution < -0.4 is 5.32 Å². The van der Waals surface area contributed by atoms with E-state index in [0.717, 1.165) is 11.0 Å². The molecule has 7 heteroatoms. The lowest BCUT2D eigenvalue weighted by atomic mass is 10.1. The van der Waals surface area contributed by atoms with E-state index in [9.17, 15) is 0 Å². The van der Waals surface area contributed by atoms with E-state index < -0.39 is 0 Å². The predicted octanol–water partition coefficient (Wildman–Crippen LogP) is 1.90. The summed E-state index contributed by atoms with van der Waals surface area (Å²) >= 11 is 0. The molecule has 0 saturated carbocycles. The first-order valence-electron chi connectivity index (χ1n) is 6.95. The molecule has 7 nitrogen and oxygen atoms in total. The Morgan fingerprint density at radius 2 is 2.10 bits per heavy atom. The molecule has 3 aromatic rings. The van der Waals surface area contributed by atoms with Crippen LogP contribution in [0.1, 0.15) is 20.8 Å². The number of rotatable bonds is 5. The van der Waals surface area contributed by atoms with E-state index in [4.69, 9.17) is 4.74 Å². The zero-order valence-corrected chi connectivity index (χ0v) is 12.4. The number of hydrogen-bond acceptors (Lipinski definition) is 6. The Hall–Kier alpha value is -2.28. The molecule has 1 N–H and O–H groups in total. The molecule has 2 heterocycles. The van der Waals surface area contributed by atoms with Gasteiger partial charge in [0.25, 0.3) is 0 Å². The zero-order chi connectivity index (χ0) is 14.9. The van der Waals surface area contributed by atoms with Gasteiger partial charge < -0.3 is 10.1 Å². The molecule has 0 spiro atoms. The number of anilines is 1. The van der Waals surface area contributed by atoms with E-state index in [1.807, 2.05) is 45.0 Å². The summed E-state index contributed by atoms with van der Waals surface area (Å²) in [7, 11) is 0. The topological polar surface area (TPSA) is 77.2 Å². The maximum absolute atomic E-state index is 5.68. The van der Waals surface area contributed by atoms with Gasteiger partial charge in [0.05, 0.1) is 16.6 Å². The molecule has 0 aliphatic carbocycles. The molecule has 0 bridgehead atoms. The molecule has 0 aliphatic rings. The third kappa shape index (κ3) is 2.64. The van der Waals surface area contributed by atoms with Gasteiger partial charge in [0.15, 0.2) is 5.82 Å². The quantitative estimate of drug-likeness (QED) is 0.772. The molecule has 110 valence electrons. The summed E-state index contributed by atoms with van der Waals surface area (Å²) in [6.45, 7) is 7.33. The fourth-order valence-corrected chi connectivity index (χ4v) is 2.26. The molecule has 3 rings (SSSR count). The van der Waals surface area contributed by atoms with Crippen molar-refractivity contribution in [1.29, 1.82) is 0 Å². The van der Waals surface area contributed by atoms with E-state index in [-0.39, 0.29) is 5.60 Å². The Bertz CT molecular complexity index is 766. The van der Waals surface area contributed by atoms with Crippen LogP contribution in [0, 0.1) is 0 Å². The van der Waals surface area contributed by atoms with Crippen molar-refractivity contribution in [3.05, 3.63) is 24.3 Å². The predicted molar refractivity (Wildman–Crippen MR) is 80.3 cm³/mol. The monoisotopic (exact) mass is 286 g/mol. The highest BCUT2D eigenvalue weighted by Gasteiger charge is 2.19. The van der Waals surface area contributed by atoms with E-state index in [2.05, 4.69) is 25.8 Å². The molecule has 0 radical (unpaired) electrons. The first-order chi connectivity index (χ1) is 10.1. The van der Waals surface area contributed by atoms with Crippen molar-refractivity contribution in [2.24, 2.45) is 0 Å². The third-order valence-electron chi connectivity index (χ3n) is 3.24. The van der Waals surface area contributed by atoms with Gasteiger partial charge in [-0.15, -0.1) is 5.10 Å². The highest BCUT2D eigenvalue weighted by Crippen LogP contribution is 2.19. The number of ether oxygens (including phenoxy) is 1. The standard InChI is InChI=1S/C14H18N6O/c1-4-21-14(2,3)9-15-12-13-17-18-19-20(13)11-8-6-5-7-10(11)16-12/h5-8H,4,9H2,1-3H3,(H,15,16). The maximum atomic E-state index is 5.68. The van der Waals surface area contributed by atoms with Gasteiger partial charge >= 0.3 is 0 Å². The first-order valence-corrected chi connectivity index (χ1v) is 6.95. The largest absolute Gasteiger partial charge is 0.374 e. The lowest BCUT2D eigenvalue weighted by Crippen LogP contribution is -2.33. The van der Waals surface area contributed by atoms with Crippen LogP contribution in [0.5, 0.6) is 0 Å². The van der Waals surface area contributed by atoms with E-state index in [1.54, 1.807) is 4.52 Å². The van der Waals surface area contributed by atoms with Gasteiger partial charge in [0.1, 0.15) is 0 Å². The first kappa shape index (κ1) is 13.7. The summed E-state index contributed by atoms with van der Waals surface area (Å²) in [5, 5.41) is 15.1. The van der Waals surface area contributed by atoms with Crippen molar-refractivity contribution in [1.82, 2.24) is 25.0 Å². The molecular formula is C14H18N6O. The molecule has 0 aliphatic heterocycles. The Balaban J connectivity index is 1.99. The number of hydrogen-bond donors (Lipinski definition) is 1. The lowest BCUT2D eigenvalue weighted by Gasteiger charge is -2.25. The fraction of sp³-hybridized carbons (Fsp3) is 0.429. The summed E-state index contributed by atoms with van der Waals surface area (Å²) in [6.07, 6.45) is 0. The second-order valence-corrected chi connectivity index (χ2v) is 5.41. The molecule has 0 atom stereocenters. The number of benzene rings is 1. The highest BCUT2D eigenvalue weighted by atomic mass is 16.5. The highest BCUT2D eigenvalue weighted by molar-refractivity contribution is 5.81. The number of nitrogens with zero attached hydrogens (tertiary/aromatic N) is 5. The molecule has 1 aromatic carbocycles. The van der Waals surface area contributed by atoms with Crippen molar-refractivity contribution in [2.45, 2.75) is 26.4 Å². The van der Waals surface area contributed by atoms with Gasteiger partial charge in [0.2, 0.25) is 5.65 Å². The molecule has 0 fully saturated rings. The number of para-hydroxylation sites is 2. The number of nitrogens with one attached hydrogen (secondary N) is 1. The van der Waals surface area contributed by atoms with Crippen LogP contribution in [0.25, 0.3) is 16.7 Å². The molecular weight excluding hydrogens is 268 g/mol. The van der Waals surface area contributed by atoms with Crippen molar-refractivity contribution < 1.29 is 4.74 Å². The van der Waals surface area contributed by atoms with Crippen molar-refractivity contribution in [2.75, 3.05) is 18.5 Å². The minimum atomic E-state index is -0.285. The average Bonchev–Trinajstić information content (AvgIpc) is 2.94. The lowest BCUT2D eigenvalue weighted by molar-refractivity contribution is 0.000661. The van der Waals surface area contributed by atoms with Crippen molar-refractivity contribution in [3.8, 4) is 0 Å². The minimum Gasteiger partial charge on any atom is -0.374 e. The van der Waals surface area contributed by atoms with Gasteiger partial charge in [0, 0.05) is 13.2 Å². The van der Waals surface area contributed by atoms with Crippen LogP contribution in [0.2, 0.25) is 0 Å². The van der Waals surface area contributed by atoms with E-state index >= 15 is 0 Å². The van der Waals surface area contributed by atoms with Crippen molar-refractivity contribution >= 4 is 22.5 Å². The van der Waals surface area contributed by atoms with Crippen LogP contribution in [-0.4, -0.2) is 43.8 Å². The molecule has 21 heavy (non-hydrogen) atoms. The second kappa shape index (κ2) is 5.25. The summed E-state index contributed by atoms with van der Waals surface area (Å²) < 4.78 is 7.38. The van der Waals surface area contributed by atoms with Gasteiger partial charge in [-0.05, 0) is 43.3 Å². The van der Waals surface area contributed by atoms with Gasteiger partial charge in [-0.1, -0.05) is 12.1 Å². The Kier molecular flexibility index (Phi) is 3.42. The average molecular weight is 286 g/mol. The molecule has 0 amide bonds. The summed E-state index contributed by atoms with van der Waals surface area (Å²) in [4.78, 5) is 4.61. The summed E-state index contributed by atoms with van der Waals surface area (Å²) in [6, 6.07) is 7.77. The number of tetrazole rings is 1. The van der Waals surface area contributed by atoms with Crippen LogP contribution in [0.4, 0.5) is 5.82 Å². The van der Waals surface area contributed by atoms with Crippen LogP contribution in [0.3, 0.4) is 0 Å². The molecule has 2 aromatic heterocycles. The normalized spacial score (nSPS) is 12.1.